The predicted octanol–water partition coefficient (Wildman–Crippen LogP) is 6.37. The Morgan fingerprint density at radius 1 is 1.03 bits per heavy atom. The van der Waals surface area contributed by atoms with E-state index in [0.29, 0.717) is 17.8 Å². The second-order valence-electron chi connectivity index (χ2n) is 12.1. The average molecular weight is 517 g/mol. The number of benzene rings is 1. The van der Waals surface area contributed by atoms with Crippen molar-refractivity contribution in [1.82, 2.24) is 0 Å². The third-order valence-electron chi connectivity index (χ3n) is 10.4. The topological polar surface area (TPSA) is 61.8 Å². The molecule has 0 heterocycles. The Bertz CT molecular complexity index is 1190. The van der Waals surface area contributed by atoms with E-state index in [4.69, 9.17) is 14.2 Å². The van der Waals surface area contributed by atoms with Crippen molar-refractivity contribution >= 4 is 11.9 Å². The summed E-state index contributed by atoms with van der Waals surface area (Å²) in [4.78, 5) is 23.4. The molecular formula is C33H40O5. The van der Waals surface area contributed by atoms with Gasteiger partial charge in [0, 0.05) is 24.3 Å². The molecule has 4 aliphatic rings. The zero-order chi connectivity index (χ0) is 27.0. The van der Waals surface area contributed by atoms with Gasteiger partial charge in [0.25, 0.3) is 0 Å². The van der Waals surface area contributed by atoms with E-state index in [1.165, 1.54) is 31.9 Å². The lowest BCUT2D eigenvalue weighted by Gasteiger charge is -2.58. The molecule has 0 amide bonds. The monoisotopic (exact) mass is 516 g/mol. The number of ether oxygens (including phenoxy) is 3. The molecule has 5 nitrogen and oxygen atoms in total. The molecule has 5 heteroatoms. The second kappa shape index (κ2) is 10.3. The Kier molecular flexibility index (Phi) is 7.20. The number of hydrogen-bond donors (Lipinski definition) is 0. The van der Waals surface area contributed by atoms with Gasteiger partial charge in [-0.25, -0.2) is 4.79 Å². The van der Waals surface area contributed by atoms with Gasteiger partial charge in [0.2, 0.25) is 0 Å². The molecule has 3 saturated carbocycles. The van der Waals surface area contributed by atoms with E-state index in [0.717, 1.165) is 56.9 Å². The fourth-order valence-electron chi connectivity index (χ4n) is 8.36. The highest BCUT2D eigenvalue weighted by atomic mass is 16.5. The van der Waals surface area contributed by atoms with E-state index in [1.54, 1.807) is 0 Å². The van der Waals surface area contributed by atoms with E-state index >= 15 is 0 Å². The maximum Gasteiger partial charge on any atom is 0.333 e. The molecule has 0 aromatic heterocycles. The van der Waals surface area contributed by atoms with Crippen LogP contribution in [0.1, 0.15) is 77.7 Å². The van der Waals surface area contributed by atoms with Crippen LogP contribution in [0.2, 0.25) is 0 Å². The number of fused-ring (bicyclic) bond motifs is 5. The SMILES string of the molecule is COC(=O)/C=C/OC1(C#Cc2ccccc2)CC[C@H]2[C@@H]3CC=C4C[C@@H](OC(C)=O)CC[C@]4(C)[C@H]3CC[C@@]21C. The Balaban J connectivity index is 1.45. The van der Waals surface area contributed by atoms with Gasteiger partial charge >= 0.3 is 11.9 Å². The van der Waals surface area contributed by atoms with Gasteiger partial charge < -0.3 is 14.2 Å². The van der Waals surface area contributed by atoms with Crippen molar-refractivity contribution in [2.24, 2.45) is 28.6 Å². The normalized spacial score (nSPS) is 37.5. The standard InChI is InChI=1S/C33H40O5/c1-23(34)38-26-13-17-31(2)25(22-26)10-11-27-28(31)14-18-32(3)29(27)15-20-33(32,37-21-16-30(35)36-4)19-12-24-8-6-5-7-9-24/h5-10,16,21,26-29H,11,13-15,17-18,20,22H2,1-4H3/b21-16+/t26-,27+,28-,29-,31-,32-,33?/m0/s1. The molecule has 0 radical (unpaired) electrons. The minimum atomic E-state index is -0.666. The zero-order valence-corrected chi connectivity index (χ0v) is 23.1. The quantitative estimate of drug-likeness (QED) is 0.153. The second-order valence-corrected chi connectivity index (χ2v) is 12.1. The number of esters is 2. The fourth-order valence-corrected chi connectivity index (χ4v) is 8.36. The lowest BCUT2D eigenvalue weighted by Crippen LogP contribution is -2.54. The number of methoxy groups -OCH3 is 1. The molecule has 202 valence electrons. The fraction of sp³-hybridized carbons (Fsp3) is 0.576. The summed E-state index contributed by atoms with van der Waals surface area (Å²) in [6.07, 6.45) is 13.3. The van der Waals surface area contributed by atoms with Gasteiger partial charge in [-0.2, -0.15) is 0 Å². The van der Waals surface area contributed by atoms with Crippen LogP contribution >= 0.6 is 0 Å². The molecule has 0 spiro atoms. The molecule has 1 aromatic carbocycles. The number of allylic oxidation sites excluding steroid dienone is 1. The zero-order valence-electron chi connectivity index (χ0n) is 23.1. The number of hydrogen-bond acceptors (Lipinski definition) is 5. The van der Waals surface area contributed by atoms with Crippen LogP contribution in [0.5, 0.6) is 0 Å². The minimum absolute atomic E-state index is 0.0135. The summed E-state index contributed by atoms with van der Waals surface area (Å²) >= 11 is 0. The lowest BCUT2D eigenvalue weighted by molar-refractivity contribution is -0.149. The summed E-state index contributed by atoms with van der Waals surface area (Å²) in [5, 5.41) is 0. The van der Waals surface area contributed by atoms with Gasteiger partial charge in [0.05, 0.1) is 19.4 Å². The Labute approximate surface area is 227 Å². The molecule has 38 heavy (non-hydrogen) atoms. The molecule has 0 saturated heterocycles. The van der Waals surface area contributed by atoms with Gasteiger partial charge in [-0.15, -0.1) is 0 Å². The van der Waals surface area contributed by atoms with Crippen LogP contribution in [0.3, 0.4) is 0 Å². The van der Waals surface area contributed by atoms with Crippen molar-refractivity contribution in [2.75, 3.05) is 7.11 Å². The first-order valence-corrected chi connectivity index (χ1v) is 14.1. The highest BCUT2D eigenvalue weighted by Gasteiger charge is 2.65. The smallest absolute Gasteiger partial charge is 0.333 e. The first-order chi connectivity index (χ1) is 18.2. The first-order valence-electron chi connectivity index (χ1n) is 14.1. The van der Waals surface area contributed by atoms with Gasteiger partial charge in [-0.05, 0) is 86.2 Å². The van der Waals surface area contributed by atoms with E-state index < -0.39 is 11.6 Å². The maximum atomic E-state index is 11.8. The Morgan fingerprint density at radius 2 is 1.79 bits per heavy atom. The third-order valence-corrected chi connectivity index (χ3v) is 10.4. The Hall–Kier alpha value is -3.00. The predicted molar refractivity (Wildman–Crippen MR) is 146 cm³/mol. The molecule has 7 atom stereocenters. The molecular weight excluding hydrogens is 476 g/mol. The van der Waals surface area contributed by atoms with E-state index in [-0.39, 0.29) is 22.9 Å². The van der Waals surface area contributed by atoms with Crippen molar-refractivity contribution < 1.29 is 23.8 Å². The summed E-state index contributed by atoms with van der Waals surface area (Å²) in [5.74, 6) is 8.05. The minimum Gasteiger partial charge on any atom is -0.481 e. The summed E-state index contributed by atoms with van der Waals surface area (Å²) in [7, 11) is 1.37. The van der Waals surface area contributed by atoms with Crippen LogP contribution < -0.4 is 0 Å². The van der Waals surface area contributed by atoms with Crippen LogP contribution in [0.25, 0.3) is 0 Å². The van der Waals surface area contributed by atoms with Crippen LogP contribution in [0.15, 0.2) is 54.3 Å². The lowest BCUT2D eigenvalue weighted by atomic mass is 9.47. The first kappa shape index (κ1) is 26.6. The van der Waals surface area contributed by atoms with E-state index in [1.807, 2.05) is 30.3 Å². The summed E-state index contributed by atoms with van der Waals surface area (Å²) in [6, 6.07) is 10.0. The maximum absolute atomic E-state index is 11.8. The van der Waals surface area contributed by atoms with E-state index in [9.17, 15) is 9.59 Å². The summed E-state index contributed by atoms with van der Waals surface area (Å²) in [5.41, 5.74) is 1.82. The Morgan fingerprint density at radius 3 is 2.53 bits per heavy atom. The van der Waals surface area contributed by atoms with Gasteiger partial charge in [-0.3, -0.25) is 4.79 Å². The summed E-state index contributed by atoms with van der Waals surface area (Å²) < 4.78 is 16.9. The van der Waals surface area contributed by atoms with Gasteiger partial charge in [0.1, 0.15) is 6.10 Å². The molecule has 0 aliphatic heterocycles. The highest BCUT2D eigenvalue weighted by molar-refractivity contribution is 5.81. The van der Waals surface area contributed by atoms with Gasteiger partial charge in [-0.1, -0.05) is 49.6 Å². The van der Waals surface area contributed by atoms with E-state index in [2.05, 4.69) is 31.8 Å². The van der Waals surface area contributed by atoms with Crippen molar-refractivity contribution in [1.29, 1.82) is 0 Å². The van der Waals surface area contributed by atoms with Crippen molar-refractivity contribution in [3.8, 4) is 11.8 Å². The van der Waals surface area contributed by atoms with Crippen molar-refractivity contribution in [3.05, 3.63) is 59.9 Å². The largest absolute Gasteiger partial charge is 0.481 e. The van der Waals surface area contributed by atoms with Crippen molar-refractivity contribution in [3.63, 3.8) is 0 Å². The molecule has 0 bridgehead atoms. The molecule has 3 fully saturated rings. The van der Waals surface area contributed by atoms with Crippen LogP contribution in [-0.2, 0) is 23.8 Å². The average Bonchev–Trinajstić information content (AvgIpc) is 3.20. The number of rotatable bonds is 4. The summed E-state index contributed by atoms with van der Waals surface area (Å²) in [6.45, 7) is 6.33. The van der Waals surface area contributed by atoms with Crippen LogP contribution in [0, 0.1) is 40.4 Å². The molecule has 5 rings (SSSR count). The van der Waals surface area contributed by atoms with Crippen molar-refractivity contribution in [2.45, 2.75) is 83.8 Å². The number of carbonyl (C=O) groups is 2. The highest BCUT2D eigenvalue weighted by Crippen LogP contribution is 2.67. The molecule has 1 aromatic rings. The molecule has 0 N–H and O–H groups in total. The third kappa shape index (κ3) is 4.57. The van der Waals surface area contributed by atoms with Crippen LogP contribution in [-0.4, -0.2) is 30.8 Å². The number of carbonyl (C=O) groups excluding carboxylic acids is 2. The molecule has 4 aliphatic carbocycles. The van der Waals surface area contributed by atoms with Crippen LogP contribution in [0.4, 0.5) is 0 Å². The van der Waals surface area contributed by atoms with Gasteiger partial charge in [0.15, 0.2) is 5.60 Å². The molecule has 1 unspecified atom stereocenters.